The Labute approximate surface area is 123 Å². The van der Waals surface area contributed by atoms with Gasteiger partial charge in [0, 0.05) is 6.61 Å². The van der Waals surface area contributed by atoms with Crippen molar-refractivity contribution in [2.45, 2.75) is 24.7 Å². The highest BCUT2D eigenvalue weighted by Gasteiger charge is 2.35. The zero-order valence-electron chi connectivity index (χ0n) is 11.7. The van der Waals surface area contributed by atoms with Crippen molar-refractivity contribution >= 4 is 15.8 Å². The first-order valence-corrected chi connectivity index (χ1v) is 8.41. The zero-order chi connectivity index (χ0) is 15.5. The summed E-state index contributed by atoms with van der Waals surface area (Å²) in [6.07, 6.45) is 0.225. The van der Waals surface area contributed by atoms with E-state index in [2.05, 4.69) is 0 Å². The van der Waals surface area contributed by atoms with Crippen LogP contribution in [0.4, 0.5) is 0 Å². The number of hydrogen-bond acceptors (Lipinski definition) is 5. The molecule has 0 radical (unpaired) electrons. The molecule has 21 heavy (non-hydrogen) atoms. The molecule has 0 aromatic heterocycles. The van der Waals surface area contributed by atoms with Gasteiger partial charge < -0.3 is 14.6 Å². The second-order valence-electron chi connectivity index (χ2n) is 4.95. The third-order valence-electron chi connectivity index (χ3n) is 3.49. The standard InChI is InChI=1S/C14H18O6S/c1-10-13(5-6-19-10)21(17,18)8-7-20-12-4-2-3-11(9-12)14(15)16/h2-4,9-10,13H,5-8H2,1H3,(H,15,16). The van der Waals surface area contributed by atoms with Crippen molar-refractivity contribution in [3.8, 4) is 5.75 Å². The second kappa shape index (κ2) is 6.44. The predicted octanol–water partition coefficient (Wildman–Crippen LogP) is 1.36. The molecular formula is C14H18O6S. The van der Waals surface area contributed by atoms with E-state index < -0.39 is 21.1 Å². The first kappa shape index (κ1) is 15.8. The molecule has 1 aromatic rings. The summed E-state index contributed by atoms with van der Waals surface area (Å²) in [5, 5.41) is 8.39. The summed E-state index contributed by atoms with van der Waals surface area (Å²) >= 11 is 0. The molecule has 116 valence electrons. The van der Waals surface area contributed by atoms with Crippen molar-refractivity contribution in [2.24, 2.45) is 0 Å². The van der Waals surface area contributed by atoms with Crippen molar-refractivity contribution in [3.63, 3.8) is 0 Å². The SMILES string of the molecule is CC1OCCC1S(=O)(=O)CCOc1cccc(C(=O)O)c1. The highest BCUT2D eigenvalue weighted by Crippen LogP contribution is 2.21. The first-order chi connectivity index (χ1) is 9.90. The average molecular weight is 314 g/mol. The van der Waals surface area contributed by atoms with Gasteiger partial charge in [0.25, 0.3) is 0 Å². The van der Waals surface area contributed by atoms with Gasteiger partial charge in [-0.25, -0.2) is 13.2 Å². The van der Waals surface area contributed by atoms with E-state index >= 15 is 0 Å². The third kappa shape index (κ3) is 3.95. The highest BCUT2D eigenvalue weighted by molar-refractivity contribution is 7.92. The van der Waals surface area contributed by atoms with Crippen molar-refractivity contribution in [3.05, 3.63) is 29.8 Å². The molecule has 7 heteroatoms. The van der Waals surface area contributed by atoms with E-state index in [-0.39, 0.29) is 24.0 Å². The summed E-state index contributed by atoms with van der Waals surface area (Å²) in [5.41, 5.74) is 0.105. The molecule has 0 amide bonds. The van der Waals surface area contributed by atoms with Gasteiger partial charge in [-0.2, -0.15) is 0 Å². The van der Waals surface area contributed by atoms with Crippen LogP contribution in [0.15, 0.2) is 24.3 Å². The van der Waals surface area contributed by atoms with Gasteiger partial charge in [0.05, 0.1) is 22.7 Å². The fraction of sp³-hybridized carbons (Fsp3) is 0.500. The van der Waals surface area contributed by atoms with Gasteiger partial charge in [0.2, 0.25) is 0 Å². The lowest BCUT2D eigenvalue weighted by Crippen LogP contribution is -2.32. The lowest BCUT2D eigenvalue weighted by atomic mass is 10.2. The molecule has 6 nitrogen and oxygen atoms in total. The fourth-order valence-electron chi connectivity index (χ4n) is 2.33. The van der Waals surface area contributed by atoms with E-state index in [1.165, 1.54) is 12.1 Å². The van der Waals surface area contributed by atoms with Crippen molar-refractivity contribution in [1.29, 1.82) is 0 Å². The average Bonchev–Trinajstić information content (AvgIpc) is 2.86. The van der Waals surface area contributed by atoms with Crippen LogP contribution in [0.2, 0.25) is 0 Å². The summed E-state index contributed by atoms with van der Waals surface area (Å²) in [5.74, 6) is -0.811. The molecule has 2 unspecified atom stereocenters. The molecule has 1 aliphatic rings. The van der Waals surface area contributed by atoms with E-state index in [0.717, 1.165) is 0 Å². The summed E-state index contributed by atoms with van der Waals surface area (Å²) in [7, 11) is -3.27. The maximum Gasteiger partial charge on any atom is 0.335 e. The van der Waals surface area contributed by atoms with Crippen LogP contribution in [-0.4, -0.2) is 49.8 Å². The number of carbonyl (C=O) groups is 1. The van der Waals surface area contributed by atoms with Gasteiger partial charge in [0.1, 0.15) is 12.4 Å². The number of carboxylic acids is 1. The van der Waals surface area contributed by atoms with Crippen LogP contribution in [0.3, 0.4) is 0 Å². The largest absolute Gasteiger partial charge is 0.493 e. The normalized spacial score (nSPS) is 22.1. The Morgan fingerprint density at radius 1 is 1.48 bits per heavy atom. The summed E-state index contributed by atoms with van der Waals surface area (Å²) in [6.45, 7) is 2.22. The lowest BCUT2D eigenvalue weighted by Gasteiger charge is -2.15. The van der Waals surface area contributed by atoms with Crippen LogP contribution in [0.1, 0.15) is 23.7 Å². The minimum absolute atomic E-state index is 0.00533. The molecule has 1 heterocycles. The summed E-state index contributed by atoms with van der Waals surface area (Å²) in [6, 6.07) is 5.97. The van der Waals surface area contributed by atoms with E-state index in [1.54, 1.807) is 19.1 Å². The molecule has 2 atom stereocenters. The monoisotopic (exact) mass is 314 g/mol. The van der Waals surface area contributed by atoms with Crippen molar-refractivity contribution in [1.82, 2.24) is 0 Å². The van der Waals surface area contributed by atoms with Crippen LogP contribution < -0.4 is 4.74 Å². The Balaban J connectivity index is 1.92. The predicted molar refractivity (Wildman–Crippen MR) is 76.5 cm³/mol. The molecule has 1 saturated heterocycles. The van der Waals surface area contributed by atoms with Crippen LogP contribution in [-0.2, 0) is 14.6 Å². The van der Waals surface area contributed by atoms with Gasteiger partial charge in [-0.05, 0) is 31.5 Å². The number of carboxylic acid groups (broad SMARTS) is 1. The maximum absolute atomic E-state index is 12.2. The Morgan fingerprint density at radius 3 is 2.86 bits per heavy atom. The minimum Gasteiger partial charge on any atom is -0.493 e. The molecule has 0 bridgehead atoms. The van der Waals surface area contributed by atoms with E-state index in [0.29, 0.717) is 18.8 Å². The number of hydrogen-bond donors (Lipinski definition) is 1. The Hall–Kier alpha value is -1.60. The van der Waals surface area contributed by atoms with E-state index in [4.69, 9.17) is 14.6 Å². The van der Waals surface area contributed by atoms with Crippen molar-refractivity contribution in [2.75, 3.05) is 19.0 Å². The zero-order valence-corrected chi connectivity index (χ0v) is 12.5. The number of benzene rings is 1. The Morgan fingerprint density at radius 2 is 2.24 bits per heavy atom. The molecule has 0 saturated carbocycles. The molecule has 2 rings (SSSR count). The molecular weight excluding hydrogens is 296 g/mol. The maximum atomic E-state index is 12.2. The second-order valence-corrected chi connectivity index (χ2v) is 7.29. The fourth-order valence-corrected chi connectivity index (χ4v) is 4.07. The number of ether oxygens (including phenoxy) is 2. The molecule has 0 aliphatic carbocycles. The van der Waals surface area contributed by atoms with Gasteiger partial charge in [0.15, 0.2) is 9.84 Å². The highest BCUT2D eigenvalue weighted by atomic mass is 32.2. The van der Waals surface area contributed by atoms with Crippen LogP contribution in [0.5, 0.6) is 5.75 Å². The number of rotatable bonds is 6. The molecule has 1 N–H and O–H groups in total. The third-order valence-corrected chi connectivity index (χ3v) is 5.76. The molecule has 1 aliphatic heterocycles. The minimum atomic E-state index is -3.27. The first-order valence-electron chi connectivity index (χ1n) is 6.69. The topological polar surface area (TPSA) is 89.9 Å². The molecule has 0 spiro atoms. The summed E-state index contributed by atoms with van der Waals surface area (Å²) in [4.78, 5) is 10.8. The molecule has 1 fully saturated rings. The van der Waals surface area contributed by atoms with Crippen LogP contribution in [0, 0.1) is 0 Å². The van der Waals surface area contributed by atoms with E-state index in [9.17, 15) is 13.2 Å². The quantitative estimate of drug-likeness (QED) is 0.852. The van der Waals surface area contributed by atoms with Crippen molar-refractivity contribution < 1.29 is 27.8 Å². The summed E-state index contributed by atoms with van der Waals surface area (Å²) < 4.78 is 34.9. The Kier molecular flexibility index (Phi) is 4.84. The van der Waals surface area contributed by atoms with Gasteiger partial charge in [-0.15, -0.1) is 0 Å². The van der Waals surface area contributed by atoms with E-state index in [1.807, 2.05) is 0 Å². The van der Waals surface area contributed by atoms with Gasteiger partial charge >= 0.3 is 5.97 Å². The van der Waals surface area contributed by atoms with Crippen LogP contribution in [0.25, 0.3) is 0 Å². The number of sulfone groups is 1. The van der Waals surface area contributed by atoms with Gasteiger partial charge in [-0.3, -0.25) is 0 Å². The molecule has 1 aromatic carbocycles. The number of aromatic carboxylic acids is 1. The Bertz CT molecular complexity index is 610. The lowest BCUT2D eigenvalue weighted by molar-refractivity contribution is 0.0696. The smallest absolute Gasteiger partial charge is 0.335 e. The van der Waals surface area contributed by atoms with Crippen LogP contribution >= 0.6 is 0 Å². The van der Waals surface area contributed by atoms with Gasteiger partial charge in [-0.1, -0.05) is 6.07 Å².